The van der Waals surface area contributed by atoms with Gasteiger partial charge in [-0.2, -0.15) is 0 Å². The van der Waals surface area contributed by atoms with E-state index in [9.17, 15) is 9.59 Å². The van der Waals surface area contributed by atoms with Gasteiger partial charge in [-0.1, -0.05) is 17.4 Å². The molecule has 2 heterocycles. The van der Waals surface area contributed by atoms with E-state index in [-0.39, 0.29) is 24.2 Å². The lowest BCUT2D eigenvalue weighted by molar-refractivity contribution is -0.122. The molecule has 5 rings (SSSR count). The summed E-state index contributed by atoms with van der Waals surface area (Å²) in [6, 6.07) is 6.25. The van der Waals surface area contributed by atoms with E-state index in [4.69, 9.17) is 0 Å². The van der Waals surface area contributed by atoms with Crippen LogP contribution in [0.3, 0.4) is 0 Å². The van der Waals surface area contributed by atoms with E-state index < -0.39 is 0 Å². The standard InChI is InChI=1S/C19H20N4O2S/c24-16-9-14(17(25)20-19-22-21-18(26-19)12-4-5-12)10-23(16)15-7-6-11-2-1-3-13(11)8-15/h6-8,12,14H,1-5,9-10H2,(H,20,22,25)/t14-/m1/s1. The Morgan fingerprint density at radius 2 is 2.04 bits per heavy atom. The number of rotatable bonds is 4. The average molecular weight is 368 g/mol. The highest BCUT2D eigenvalue weighted by Gasteiger charge is 2.36. The molecule has 1 N–H and O–H groups in total. The van der Waals surface area contributed by atoms with Crippen LogP contribution in [-0.2, 0) is 22.4 Å². The zero-order valence-corrected chi connectivity index (χ0v) is 15.2. The number of aromatic nitrogens is 2. The van der Waals surface area contributed by atoms with E-state index >= 15 is 0 Å². The Morgan fingerprint density at radius 3 is 2.88 bits per heavy atom. The third kappa shape index (κ3) is 2.90. The van der Waals surface area contributed by atoms with Crippen LogP contribution < -0.4 is 10.2 Å². The van der Waals surface area contributed by atoms with Gasteiger partial charge in [-0.25, -0.2) is 0 Å². The minimum atomic E-state index is -0.343. The lowest BCUT2D eigenvalue weighted by Crippen LogP contribution is -2.28. The number of fused-ring (bicyclic) bond motifs is 1. The van der Waals surface area contributed by atoms with Crippen LogP contribution >= 0.6 is 11.3 Å². The highest BCUT2D eigenvalue weighted by atomic mass is 32.1. The molecule has 1 saturated heterocycles. The molecule has 3 aliphatic rings. The number of nitrogens with one attached hydrogen (secondary N) is 1. The quantitative estimate of drug-likeness (QED) is 0.900. The third-order valence-corrected chi connectivity index (χ3v) is 6.49. The van der Waals surface area contributed by atoms with Crippen molar-refractivity contribution in [2.75, 3.05) is 16.8 Å². The van der Waals surface area contributed by atoms with Crippen LogP contribution in [0.2, 0.25) is 0 Å². The van der Waals surface area contributed by atoms with Gasteiger partial charge in [-0.05, 0) is 55.4 Å². The van der Waals surface area contributed by atoms with E-state index in [2.05, 4.69) is 27.6 Å². The van der Waals surface area contributed by atoms with Gasteiger partial charge in [0, 0.05) is 24.6 Å². The number of amides is 2. The first kappa shape index (κ1) is 15.9. The molecule has 1 aromatic heterocycles. The highest BCUT2D eigenvalue weighted by Crippen LogP contribution is 2.42. The van der Waals surface area contributed by atoms with Crippen LogP contribution in [0.4, 0.5) is 10.8 Å². The van der Waals surface area contributed by atoms with Crippen LogP contribution in [0.15, 0.2) is 18.2 Å². The van der Waals surface area contributed by atoms with E-state index in [1.54, 1.807) is 4.90 Å². The van der Waals surface area contributed by atoms with Crippen LogP contribution in [0.1, 0.15) is 47.7 Å². The van der Waals surface area contributed by atoms with E-state index in [1.165, 1.54) is 28.9 Å². The number of carbonyl (C=O) groups excluding carboxylic acids is 2. The molecule has 2 fully saturated rings. The Kier molecular flexibility index (Phi) is 3.77. The second kappa shape index (κ2) is 6.16. The molecule has 0 bridgehead atoms. The first-order valence-electron chi connectivity index (χ1n) is 9.24. The summed E-state index contributed by atoms with van der Waals surface area (Å²) in [5.74, 6) is 0.0603. The van der Waals surface area contributed by atoms with Gasteiger partial charge in [-0.15, -0.1) is 10.2 Å². The Hall–Kier alpha value is -2.28. The van der Waals surface area contributed by atoms with Gasteiger partial charge in [0.15, 0.2) is 0 Å². The molecule has 2 amide bonds. The number of nitrogens with zero attached hydrogens (tertiary/aromatic N) is 3. The summed E-state index contributed by atoms with van der Waals surface area (Å²) in [5, 5.41) is 12.6. The van der Waals surface area contributed by atoms with Crippen molar-refractivity contribution >= 4 is 34.0 Å². The number of carbonyl (C=O) groups is 2. The van der Waals surface area contributed by atoms with Crippen molar-refractivity contribution in [2.24, 2.45) is 5.92 Å². The molecule has 1 aromatic carbocycles. The van der Waals surface area contributed by atoms with Crippen LogP contribution in [0.5, 0.6) is 0 Å². The first-order chi connectivity index (χ1) is 12.7. The summed E-state index contributed by atoms with van der Waals surface area (Å²) in [6.45, 7) is 0.428. The van der Waals surface area contributed by atoms with Crippen molar-refractivity contribution in [3.05, 3.63) is 34.3 Å². The molecule has 7 heteroatoms. The van der Waals surface area contributed by atoms with Crippen molar-refractivity contribution in [3.8, 4) is 0 Å². The fourth-order valence-corrected chi connectivity index (χ4v) is 4.76. The van der Waals surface area contributed by atoms with E-state index in [0.717, 1.165) is 36.4 Å². The van der Waals surface area contributed by atoms with Gasteiger partial charge in [-0.3, -0.25) is 9.59 Å². The molecule has 1 saturated carbocycles. The summed E-state index contributed by atoms with van der Waals surface area (Å²) in [4.78, 5) is 26.8. The molecule has 0 unspecified atom stereocenters. The maximum atomic E-state index is 12.6. The number of aryl methyl sites for hydroxylation is 2. The van der Waals surface area contributed by atoms with Gasteiger partial charge in [0.25, 0.3) is 0 Å². The molecular weight excluding hydrogens is 348 g/mol. The average Bonchev–Trinajstić information content (AvgIpc) is 3.05. The number of benzene rings is 1. The second-order valence-corrected chi connectivity index (χ2v) is 8.43. The Morgan fingerprint density at radius 1 is 1.19 bits per heavy atom. The van der Waals surface area contributed by atoms with Gasteiger partial charge < -0.3 is 10.2 Å². The van der Waals surface area contributed by atoms with Crippen molar-refractivity contribution in [1.29, 1.82) is 0 Å². The van der Waals surface area contributed by atoms with E-state index in [0.29, 0.717) is 17.6 Å². The van der Waals surface area contributed by atoms with Crippen molar-refractivity contribution in [3.63, 3.8) is 0 Å². The fourth-order valence-electron chi connectivity index (χ4n) is 3.85. The van der Waals surface area contributed by atoms with Crippen molar-refractivity contribution in [2.45, 2.75) is 44.4 Å². The van der Waals surface area contributed by atoms with Crippen LogP contribution in [-0.4, -0.2) is 28.6 Å². The van der Waals surface area contributed by atoms with Crippen LogP contribution in [0.25, 0.3) is 0 Å². The topological polar surface area (TPSA) is 75.2 Å². The maximum absolute atomic E-state index is 12.6. The summed E-state index contributed by atoms with van der Waals surface area (Å²) in [7, 11) is 0. The lowest BCUT2D eigenvalue weighted by Gasteiger charge is -2.17. The predicted octanol–water partition coefficient (Wildman–Crippen LogP) is 2.90. The molecule has 1 atom stereocenters. The maximum Gasteiger partial charge on any atom is 0.231 e. The highest BCUT2D eigenvalue weighted by molar-refractivity contribution is 7.15. The summed E-state index contributed by atoms with van der Waals surface area (Å²) >= 11 is 1.45. The molecule has 0 spiro atoms. The first-order valence-corrected chi connectivity index (χ1v) is 10.1. The minimum Gasteiger partial charge on any atom is -0.312 e. The zero-order chi connectivity index (χ0) is 17.7. The summed E-state index contributed by atoms with van der Waals surface area (Å²) in [6.07, 6.45) is 5.96. The minimum absolute atomic E-state index is 0.0130. The molecule has 6 nitrogen and oxygen atoms in total. The number of hydrogen-bond acceptors (Lipinski definition) is 5. The molecule has 134 valence electrons. The Bertz CT molecular complexity index is 889. The normalized spacial score (nSPS) is 21.9. The lowest BCUT2D eigenvalue weighted by atomic mass is 10.1. The Labute approximate surface area is 155 Å². The predicted molar refractivity (Wildman–Crippen MR) is 99.4 cm³/mol. The number of anilines is 2. The fraction of sp³-hybridized carbons (Fsp3) is 0.474. The molecule has 1 aliphatic heterocycles. The van der Waals surface area contributed by atoms with Gasteiger partial charge in [0.1, 0.15) is 5.01 Å². The van der Waals surface area contributed by atoms with Crippen molar-refractivity contribution in [1.82, 2.24) is 10.2 Å². The SMILES string of the molecule is O=C(Nc1nnc(C2CC2)s1)[C@@H]1CC(=O)N(c2ccc3c(c2)CCC3)C1. The molecule has 0 radical (unpaired) electrons. The largest absolute Gasteiger partial charge is 0.312 e. The monoisotopic (exact) mass is 368 g/mol. The molecule has 2 aromatic rings. The number of hydrogen-bond donors (Lipinski definition) is 1. The molecule has 2 aliphatic carbocycles. The van der Waals surface area contributed by atoms with Crippen molar-refractivity contribution < 1.29 is 9.59 Å². The molecule has 26 heavy (non-hydrogen) atoms. The van der Waals surface area contributed by atoms with Gasteiger partial charge in [0.05, 0.1) is 5.92 Å². The molecular formula is C19H20N4O2S. The summed E-state index contributed by atoms with van der Waals surface area (Å²) < 4.78 is 0. The van der Waals surface area contributed by atoms with Gasteiger partial charge >= 0.3 is 0 Å². The smallest absolute Gasteiger partial charge is 0.231 e. The summed E-state index contributed by atoms with van der Waals surface area (Å²) in [5.41, 5.74) is 3.64. The van der Waals surface area contributed by atoms with Gasteiger partial charge in [0.2, 0.25) is 16.9 Å². The van der Waals surface area contributed by atoms with Crippen LogP contribution in [0, 0.1) is 5.92 Å². The zero-order valence-electron chi connectivity index (χ0n) is 14.4. The Balaban J connectivity index is 1.27. The van der Waals surface area contributed by atoms with E-state index in [1.807, 2.05) is 6.07 Å². The second-order valence-electron chi connectivity index (χ2n) is 7.42. The third-order valence-electron chi connectivity index (χ3n) is 5.49.